The highest BCUT2D eigenvalue weighted by atomic mass is 16.6. The Morgan fingerprint density at radius 2 is 1.09 bits per heavy atom. The predicted octanol–water partition coefficient (Wildman–Crippen LogP) is 1.29. The SMILES string of the molecule is C[C@H](OC(=O)CCCCCN)[C@H](OC(=O)CCCCCN)[C@H](O)COC(=O)CCCCCN. The molecule has 3 atom stereocenters. The molecule has 0 saturated heterocycles. The van der Waals surface area contributed by atoms with Crippen LogP contribution < -0.4 is 17.2 Å². The van der Waals surface area contributed by atoms with Crippen molar-refractivity contribution in [3.63, 3.8) is 0 Å². The molecule has 194 valence electrons. The van der Waals surface area contributed by atoms with E-state index in [0.29, 0.717) is 38.9 Å². The Labute approximate surface area is 197 Å². The van der Waals surface area contributed by atoms with Gasteiger partial charge >= 0.3 is 17.9 Å². The summed E-state index contributed by atoms with van der Waals surface area (Å²) in [5.41, 5.74) is 16.3. The van der Waals surface area contributed by atoms with Crippen LogP contribution in [0, 0.1) is 0 Å². The summed E-state index contributed by atoms with van der Waals surface area (Å²) < 4.78 is 15.9. The fraction of sp³-hybridized carbons (Fsp3) is 0.870. The van der Waals surface area contributed by atoms with Gasteiger partial charge in [-0.1, -0.05) is 19.3 Å². The summed E-state index contributed by atoms with van der Waals surface area (Å²) in [6, 6.07) is 0. The van der Waals surface area contributed by atoms with E-state index in [1.54, 1.807) is 6.92 Å². The second-order valence-corrected chi connectivity index (χ2v) is 8.20. The van der Waals surface area contributed by atoms with Crippen molar-refractivity contribution >= 4 is 17.9 Å². The van der Waals surface area contributed by atoms with Crippen molar-refractivity contribution in [3.8, 4) is 0 Å². The highest BCUT2D eigenvalue weighted by molar-refractivity contribution is 5.71. The zero-order chi connectivity index (χ0) is 24.9. The lowest BCUT2D eigenvalue weighted by Crippen LogP contribution is -2.44. The van der Waals surface area contributed by atoms with Gasteiger partial charge < -0.3 is 36.5 Å². The molecule has 0 radical (unpaired) electrons. The number of unbranched alkanes of at least 4 members (excludes halogenated alkanes) is 6. The smallest absolute Gasteiger partial charge is 0.306 e. The maximum atomic E-state index is 12.3. The van der Waals surface area contributed by atoms with Crippen LogP contribution in [-0.2, 0) is 28.6 Å². The standard InChI is InChI=1S/C23H45N3O7/c1-18(32-21(29)12-6-3-9-15-25)23(33-22(30)13-7-4-10-16-26)19(27)17-31-20(28)11-5-2-8-14-24/h18-19,23,27H,2-17,24-26H2,1H3/t18-,19+,23-/m0/s1. The van der Waals surface area contributed by atoms with Gasteiger partial charge in [-0.05, 0) is 65.1 Å². The van der Waals surface area contributed by atoms with Crippen LogP contribution in [0.3, 0.4) is 0 Å². The molecule has 0 aromatic heterocycles. The summed E-state index contributed by atoms with van der Waals surface area (Å²) in [6.45, 7) is 2.86. The molecule has 0 aromatic rings. The Morgan fingerprint density at radius 3 is 1.55 bits per heavy atom. The molecule has 0 aromatic carbocycles. The van der Waals surface area contributed by atoms with E-state index in [2.05, 4.69) is 0 Å². The Balaban J connectivity index is 4.78. The first kappa shape index (κ1) is 31.2. The van der Waals surface area contributed by atoms with Crippen LogP contribution in [0.4, 0.5) is 0 Å². The first-order valence-electron chi connectivity index (χ1n) is 12.2. The van der Waals surface area contributed by atoms with Gasteiger partial charge in [-0.15, -0.1) is 0 Å². The van der Waals surface area contributed by atoms with Crippen molar-refractivity contribution in [2.75, 3.05) is 26.2 Å². The predicted molar refractivity (Wildman–Crippen MR) is 125 cm³/mol. The molecule has 0 unspecified atom stereocenters. The Hall–Kier alpha value is -1.75. The minimum atomic E-state index is -1.33. The van der Waals surface area contributed by atoms with E-state index in [-0.39, 0.29) is 25.9 Å². The molecule has 0 amide bonds. The summed E-state index contributed by atoms with van der Waals surface area (Å²) in [4.78, 5) is 36.3. The number of nitrogens with two attached hydrogens (primary N) is 3. The summed E-state index contributed by atoms with van der Waals surface area (Å²) >= 11 is 0. The van der Waals surface area contributed by atoms with Crippen molar-refractivity contribution < 1.29 is 33.7 Å². The van der Waals surface area contributed by atoms with Crippen LogP contribution in [0.15, 0.2) is 0 Å². The molecule has 0 aliphatic rings. The monoisotopic (exact) mass is 475 g/mol. The maximum Gasteiger partial charge on any atom is 0.306 e. The number of ether oxygens (including phenoxy) is 3. The van der Waals surface area contributed by atoms with Gasteiger partial charge in [0.1, 0.15) is 18.8 Å². The van der Waals surface area contributed by atoms with Gasteiger partial charge in [-0.2, -0.15) is 0 Å². The fourth-order valence-electron chi connectivity index (χ4n) is 3.15. The fourth-order valence-corrected chi connectivity index (χ4v) is 3.15. The van der Waals surface area contributed by atoms with Gasteiger partial charge in [0.05, 0.1) is 0 Å². The Kier molecular flexibility index (Phi) is 19.7. The average Bonchev–Trinajstić information content (AvgIpc) is 2.79. The summed E-state index contributed by atoms with van der Waals surface area (Å²) in [7, 11) is 0. The van der Waals surface area contributed by atoms with Crippen molar-refractivity contribution in [1.29, 1.82) is 0 Å². The molecule has 0 heterocycles. The van der Waals surface area contributed by atoms with E-state index in [1.807, 2.05) is 0 Å². The van der Waals surface area contributed by atoms with Gasteiger partial charge in [-0.25, -0.2) is 0 Å². The zero-order valence-corrected chi connectivity index (χ0v) is 20.2. The van der Waals surface area contributed by atoms with Crippen LogP contribution in [0.5, 0.6) is 0 Å². The van der Waals surface area contributed by atoms with Crippen LogP contribution in [-0.4, -0.2) is 67.6 Å². The number of aliphatic hydroxyl groups excluding tert-OH is 1. The third kappa shape index (κ3) is 17.4. The molecule has 10 nitrogen and oxygen atoms in total. The van der Waals surface area contributed by atoms with Crippen molar-refractivity contribution in [1.82, 2.24) is 0 Å². The third-order valence-electron chi connectivity index (χ3n) is 5.10. The van der Waals surface area contributed by atoms with Crippen LogP contribution in [0.25, 0.3) is 0 Å². The largest absolute Gasteiger partial charge is 0.463 e. The number of carbonyl (C=O) groups is 3. The number of carbonyl (C=O) groups excluding carboxylic acids is 3. The summed E-state index contributed by atoms with van der Waals surface area (Å²) in [5.74, 6) is -1.43. The highest BCUT2D eigenvalue weighted by Gasteiger charge is 2.32. The molecule has 33 heavy (non-hydrogen) atoms. The second kappa shape index (κ2) is 20.8. The summed E-state index contributed by atoms with van der Waals surface area (Å²) in [5, 5.41) is 10.6. The molecule has 7 N–H and O–H groups in total. The van der Waals surface area contributed by atoms with E-state index in [1.165, 1.54) is 0 Å². The number of hydrogen-bond acceptors (Lipinski definition) is 10. The van der Waals surface area contributed by atoms with Crippen molar-refractivity contribution in [2.24, 2.45) is 17.2 Å². The molecular weight excluding hydrogens is 430 g/mol. The minimum absolute atomic E-state index is 0.157. The molecule has 10 heteroatoms. The highest BCUT2D eigenvalue weighted by Crippen LogP contribution is 2.15. The van der Waals surface area contributed by atoms with Crippen LogP contribution in [0.1, 0.15) is 84.0 Å². The molecule has 0 aliphatic heterocycles. The minimum Gasteiger partial charge on any atom is -0.463 e. The number of aliphatic hydroxyl groups is 1. The number of esters is 3. The maximum absolute atomic E-state index is 12.3. The van der Waals surface area contributed by atoms with Crippen molar-refractivity contribution in [3.05, 3.63) is 0 Å². The normalized spacial score (nSPS) is 13.7. The molecule has 0 fully saturated rings. The Bertz CT molecular complexity index is 534. The molecule has 0 spiro atoms. The van der Waals surface area contributed by atoms with E-state index in [0.717, 1.165) is 38.5 Å². The molecule has 0 saturated carbocycles. The molecular formula is C23H45N3O7. The first-order valence-corrected chi connectivity index (χ1v) is 12.2. The molecule has 0 aliphatic carbocycles. The van der Waals surface area contributed by atoms with Crippen molar-refractivity contribution in [2.45, 2.75) is 102 Å². The van der Waals surface area contributed by atoms with Gasteiger partial charge in [0.15, 0.2) is 6.10 Å². The number of hydrogen-bond donors (Lipinski definition) is 4. The van der Waals surface area contributed by atoms with E-state index >= 15 is 0 Å². The second-order valence-electron chi connectivity index (χ2n) is 8.20. The van der Waals surface area contributed by atoms with Crippen LogP contribution in [0.2, 0.25) is 0 Å². The first-order chi connectivity index (χ1) is 15.8. The number of rotatable bonds is 21. The molecule has 0 bridgehead atoms. The van der Waals surface area contributed by atoms with Gasteiger partial charge in [0.2, 0.25) is 0 Å². The topological polar surface area (TPSA) is 177 Å². The molecule has 0 rings (SSSR count). The van der Waals surface area contributed by atoms with Gasteiger partial charge in [0.25, 0.3) is 0 Å². The van der Waals surface area contributed by atoms with E-state index < -0.39 is 36.2 Å². The lowest BCUT2D eigenvalue weighted by atomic mass is 10.1. The third-order valence-corrected chi connectivity index (χ3v) is 5.10. The quantitative estimate of drug-likeness (QED) is 0.107. The summed E-state index contributed by atoms with van der Waals surface area (Å²) in [6.07, 6.45) is 3.95. The van der Waals surface area contributed by atoms with E-state index in [4.69, 9.17) is 31.4 Å². The average molecular weight is 476 g/mol. The lowest BCUT2D eigenvalue weighted by Gasteiger charge is -2.28. The van der Waals surface area contributed by atoms with Crippen LogP contribution >= 0.6 is 0 Å². The lowest BCUT2D eigenvalue weighted by molar-refractivity contribution is -0.180. The van der Waals surface area contributed by atoms with E-state index in [9.17, 15) is 19.5 Å². The zero-order valence-electron chi connectivity index (χ0n) is 20.2. The van der Waals surface area contributed by atoms with Gasteiger partial charge in [-0.3, -0.25) is 14.4 Å². The van der Waals surface area contributed by atoms with Gasteiger partial charge in [0, 0.05) is 19.3 Å². The Morgan fingerprint density at radius 1 is 0.667 bits per heavy atom.